The number of sulfonamides is 1. The molecule has 102 valence electrons. The maximum absolute atomic E-state index is 11.9. The molecule has 0 unspecified atom stereocenters. The Bertz CT molecular complexity index is 704. The molecule has 0 aliphatic carbocycles. The highest BCUT2D eigenvalue weighted by Crippen LogP contribution is 2.25. The van der Waals surface area contributed by atoms with Gasteiger partial charge in [0.25, 0.3) is 0 Å². The second-order valence-corrected chi connectivity index (χ2v) is 7.28. The van der Waals surface area contributed by atoms with Crippen LogP contribution in [0.25, 0.3) is 0 Å². The van der Waals surface area contributed by atoms with Crippen molar-refractivity contribution in [2.75, 3.05) is 0 Å². The molecule has 0 fully saturated rings. The van der Waals surface area contributed by atoms with E-state index in [0.717, 1.165) is 22.4 Å². The Balaban J connectivity index is 2.11. The van der Waals surface area contributed by atoms with Gasteiger partial charge < -0.3 is 0 Å². The van der Waals surface area contributed by atoms with Gasteiger partial charge in [-0.05, 0) is 6.92 Å². The third-order valence-electron chi connectivity index (χ3n) is 2.16. The normalized spacial score (nSPS) is 11.6. The maximum atomic E-state index is 11.9. The monoisotopic (exact) mass is 319 g/mol. The summed E-state index contributed by atoms with van der Waals surface area (Å²) in [6.45, 7) is 1.89. The molecule has 0 aliphatic rings. The summed E-state index contributed by atoms with van der Waals surface area (Å²) in [5.41, 5.74) is 0.621. The SMILES string of the molecule is Cc1nc(CNS(=O)(=O)c2csc([N+](=O)[O-])c2)cs1. The number of hydrogen-bond donors (Lipinski definition) is 1. The highest BCUT2D eigenvalue weighted by atomic mass is 32.2. The van der Waals surface area contributed by atoms with Crippen molar-refractivity contribution >= 4 is 37.7 Å². The Hall–Kier alpha value is -1.36. The van der Waals surface area contributed by atoms with E-state index in [9.17, 15) is 18.5 Å². The van der Waals surface area contributed by atoms with Gasteiger partial charge in [-0.15, -0.1) is 11.3 Å². The molecular formula is C9H9N3O4S3. The molecule has 10 heteroatoms. The second kappa shape index (κ2) is 5.33. The van der Waals surface area contributed by atoms with E-state index in [1.54, 1.807) is 5.38 Å². The van der Waals surface area contributed by atoms with Crippen LogP contribution in [0.1, 0.15) is 10.7 Å². The molecule has 0 radical (unpaired) electrons. The topological polar surface area (TPSA) is 102 Å². The maximum Gasteiger partial charge on any atom is 0.325 e. The summed E-state index contributed by atoms with van der Waals surface area (Å²) in [5, 5.41) is 14.2. The van der Waals surface area contributed by atoms with Crippen molar-refractivity contribution in [1.82, 2.24) is 9.71 Å². The van der Waals surface area contributed by atoms with Gasteiger partial charge in [0.05, 0.1) is 27.1 Å². The first kappa shape index (κ1) is 14.1. The Morgan fingerprint density at radius 1 is 1.42 bits per heavy atom. The van der Waals surface area contributed by atoms with Crippen LogP contribution >= 0.6 is 22.7 Å². The Morgan fingerprint density at radius 3 is 2.68 bits per heavy atom. The minimum Gasteiger partial charge on any atom is -0.258 e. The van der Waals surface area contributed by atoms with E-state index in [1.165, 1.54) is 16.7 Å². The minimum atomic E-state index is -3.74. The quantitative estimate of drug-likeness (QED) is 0.670. The van der Waals surface area contributed by atoms with Crippen molar-refractivity contribution in [1.29, 1.82) is 0 Å². The Labute approximate surface area is 117 Å². The summed E-state index contributed by atoms with van der Waals surface area (Å²) in [4.78, 5) is 13.9. The molecule has 2 aromatic heterocycles. The fourth-order valence-corrected chi connectivity index (χ4v) is 3.98. The number of rotatable bonds is 5. The number of nitrogens with zero attached hydrogens (tertiary/aromatic N) is 2. The zero-order valence-electron chi connectivity index (χ0n) is 9.69. The van der Waals surface area contributed by atoms with Crippen molar-refractivity contribution in [2.24, 2.45) is 0 Å². The molecule has 19 heavy (non-hydrogen) atoms. The molecule has 0 spiro atoms. The second-order valence-electron chi connectivity index (χ2n) is 3.56. The summed E-state index contributed by atoms with van der Waals surface area (Å²) in [6, 6.07) is 1.04. The third kappa shape index (κ3) is 3.35. The van der Waals surface area contributed by atoms with Crippen LogP contribution in [0.15, 0.2) is 21.7 Å². The van der Waals surface area contributed by atoms with Gasteiger partial charge in [0.1, 0.15) is 0 Å². The van der Waals surface area contributed by atoms with Crippen LogP contribution in [0.4, 0.5) is 5.00 Å². The molecule has 2 aromatic rings. The van der Waals surface area contributed by atoms with Crippen molar-refractivity contribution in [3.05, 3.63) is 37.6 Å². The molecule has 0 amide bonds. The van der Waals surface area contributed by atoms with Gasteiger partial charge in [0.15, 0.2) is 0 Å². The van der Waals surface area contributed by atoms with Gasteiger partial charge in [0.2, 0.25) is 10.0 Å². The lowest BCUT2D eigenvalue weighted by atomic mass is 10.5. The van der Waals surface area contributed by atoms with Crippen LogP contribution < -0.4 is 4.72 Å². The molecule has 0 saturated carbocycles. The first-order chi connectivity index (χ1) is 8.88. The summed E-state index contributed by atoms with van der Waals surface area (Å²) < 4.78 is 26.2. The lowest BCUT2D eigenvalue weighted by molar-refractivity contribution is -0.380. The zero-order valence-corrected chi connectivity index (χ0v) is 12.1. The van der Waals surface area contributed by atoms with Crippen LogP contribution in [0.3, 0.4) is 0 Å². The van der Waals surface area contributed by atoms with Gasteiger partial charge in [-0.3, -0.25) is 10.1 Å². The van der Waals surface area contributed by atoms with Crippen LogP contribution in [0, 0.1) is 17.0 Å². The fourth-order valence-electron chi connectivity index (χ4n) is 1.29. The van der Waals surface area contributed by atoms with Crippen LogP contribution in [-0.2, 0) is 16.6 Å². The lowest BCUT2D eigenvalue weighted by Gasteiger charge is -2.01. The average molecular weight is 319 g/mol. The van der Waals surface area contributed by atoms with E-state index in [2.05, 4.69) is 9.71 Å². The summed E-state index contributed by atoms with van der Waals surface area (Å²) >= 11 is 2.20. The van der Waals surface area contributed by atoms with Gasteiger partial charge in [-0.2, -0.15) is 0 Å². The zero-order chi connectivity index (χ0) is 14.0. The molecule has 0 aliphatic heterocycles. The number of nitrogens with one attached hydrogen (secondary N) is 1. The summed E-state index contributed by atoms with van der Waals surface area (Å²) in [6.07, 6.45) is 0. The molecule has 0 bridgehead atoms. The number of aromatic nitrogens is 1. The van der Waals surface area contributed by atoms with Crippen LogP contribution in [-0.4, -0.2) is 18.3 Å². The fraction of sp³-hybridized carbons (Fsp3) is 0.222. The average Bonchev–Trinajstić information content (AvgIpc) is 2.95. The van der Waals surface area contributed by atoms with Crippen molar-refractivity contribution in [3.8, 4) is 0 Å². The predicted molar refractivity (Wildman–Crippen MR) is 71.8 cm³/mol. The summed E-state index contributed by atoms with van der Waals surface area (Å²) in [5.74, 6) is 0. The van der Waals surface area contributed by atoms with Gasteiger partial charge in [0, 0.05) is 16.8 Å². The molecule has 1 N–H and O–H groups in total. The molecule has 0 saturated heterocycles. The standard InChI is InChI=1S/C9H9N3O4S3/c1-6-11-7(4-17-6)3-10-19(15,16)8-2-9(12(13)14)18-5-8/h2,4-5,10H,3H2,1H3. The number of thiazole rings is 1. The molecule has 0 atom stereocenters. The van der Waals surface area contributed by atoms with E-state index in [-0.39, 0.29) is 16.4 Å². The first-order valence-corrected chi connectivity index (χ1v) is 8.26. The highest BCUT2D eigenvalue weighted by Gasteiger charge is 2.20. The largest absolute Gasteiger partial charge is 0.325 e. The smallest absolute Gasteiger partial charge is 0.258 e. The number of nitro groups is 1. The minimum absolute atomic E-state index is 0.0658. The van der Waals surface area contributed by atoms with Crippen LogP contribution in [0.5, 0.6) is 0 Å². The molecule has 7 nitrogen and oxygen atoms in total. The van der Waals surface area contributed by atoms with E-state index in [1.807, 2.05) is 6.92 Å². The summed E-state index contributed by atoms with van der Waals surface area (Å²) in [7, 11) is -3.74. The van der Waals surface area contributed by atoms with E-state index >= 15 is 0 Å². The van der Waals surface area contributed by atoms with Crippen molar-refractivity contribution in [3.63, 3.8) is 0 Å². The van der Waals surface area contributed by atoms with Crippen molar-refractivity contribution in [2.45, 2.75) is 18.4 Å². The van der Waals surface area contributed by atoms with Gasteiger partial charge >= 0.3 is 5.00 Å². The van der Waals surface area contributed by atoms with E-state index < -0.39 is 14.9 Å². The van der Waals surface area contributed by atoms with Crippen molar-refractivity contribution < 1.29 is 13.3 Å². The highest BCUT2D eigenvalue weighted by molar-refractivity contribution is 7.89. The Morgan fingerprint density at radius 2 is 2.16 bits per heavy atom. The van der Waals surface area contributed by atoms with E-state index in [4.69, 9.17) is 0 Å². The number of aryl methyl sites for hydroxylation is 1. The van der Waals surface area contributed by atoms with E-state index in [0.29, 0.717) is 5.69 Å². The number of thiophene rings is 1. The Kier molecular flexibility index (Phi) is 3.94. The lowest BCUT2D eigenvalue weighted by Crippen LogP contribution is -2.22. The molecular weight excluding hydrogens is 310 g/mol. The number of hydrogen-bond acceptors (Lipinski definition) is 7. The van der Waals surface area contributed by atoms with Gasteiger partial charge in [-0.25, -0.2) is 18.1 Å². The first-order valence-electron chi connectivity index (χ1n) is 5.02. The van der Waals surface area contributed by atoms with Gasteiger partial charge in [-0.1, -0.05) is 11.3 Å². The molecule has 0 aromatic carbocycles. The third-order valence-corrected chi connectivity index (χ3v) is 5.39. The van der Waals surface area contributed by atoms with Crippen LogP contribution in [0.2, 0.25) is 0 Å². The predicted octanol–water partition coefficient (Wildman–Crippen LogP) is 1.90. The molecule has 2 heterocycles. The molecule has 2 rings (SSSR count).